The molecule has 0 aliphatic heterocycles. The Morgan fingerprint density at radius 2 is 1.77 bits per heavy atom. The molecule has 0 atom stereocenters. The summed E-state index contributed by atoms with van der Waals surface area (Å²) in [7, 11) is 0. The SMILES string of the molecule is Cc1ccc(-n2c(C)cc(/C=C/C(=O)Nc3ccccc3SCC(N)=O)c2C)cc1. The second-order valence-corrected chi connectivity index (χ2v) is 8.09. The number of para-hydroxylation sites is 1. The van der Waals surface area contributed by atoms with Gasteiger partial charge >= 0.3 is 0 Å². The van der Waals surface area contributed by atoms with Crippen LogP contribution < -0.4 is 11.1 Å². The van der Waals surface area contributed by atoms with Crippen LogP contribution >= 0.6 is 11.8 Å². The second-order valence-electron chi connectivity index (χ2n) is 7.07. The van der Waals surface area contributed by atoms with E-state index in [4.69, 9.17) is 5.73 Å². The maximum Gasteiger partial charge on any atom is 0.248 e. The third-order valence-corrected chi connectivity index (χ3v) is 5.79. The first-order chi connectivity index (χ1) is 14.3. The maximum atomic E-state index is 12.5. The molecule has 0 fully saturated rings. The summed E-state index contributed by atoms with van der Waals surface area (Å²) >= 11 is 1.30. The van der Waals surface area contributed by atoms with Gasteiger partial charge in [-0.25, -0.2) is 0 Å². The number of amides is 2. The average molecular weight is 420 g/mol. The molecule has 154 valence electrons. The summed E-state index contributed by atoms with van der Waals surface area (Å²) in [5.41, 5.74) is 11.3. The van der Waals surface area contributed by atoms with Gasteiger partial charge in [-0.15, -0.1) is 11.8 Å². The van der Waals surface area contributed by atoms with Crippen LogP contribution in [0.3, 0.4) is 0 Å². The van der Waals surface area contributed by atoms with Crippen LogP contribution in [0, 0.1) is 20.8 Å². The van der Waals surface area contributed by atoms with Gasteiger partial charge in [0.05, 0.1) is 11.4 Å². The molecular formula is C24H25N3O2S. The molecule has 2 aromatic carbocycles. The Labute approximate surface area is 181 Å². The van der Waals surface area contributed by atoms with Gasteiger partial charge in [0.1, 0.15) is 0 Å². The molecule has 0 radical (unpaired) electrons. The van der Waals surface area contributed by atoms with E-state index in [-0.39, 0.29) is 11.7 Å². The number of aromatic nitrogens is 1. The summed E-state index contributed by atoms with van der Waals surface area (Å²) in [6.45, 7) is 6.16. The number of primary amides is 1. The van der Waals surface area contributed by atoms with Gasteiger partial charge in [-0.1, -0.05) is 29.8 Å². The Morgan fingerprint density at radius 1 is 1.07 bits per heavy atom. The number of nitrogens with zero attached hydrogens (tertiary/aromatic N) is 1. The Hall–Kier alpha value is -3.25. The molecule has 0 aliphatic rings. The number of carbonyl (C=O) groups excluding carboxylic acids is 2. The van der Waals surface area contributed by atoms with E-state index in [0.29, 0.717) is 5.69 Å². The topological polar surface area (TPSA) is 77.1 Å². The van der Waals surface area contributed by atoms with Crippen molar-refractivity contribution in [1.29, 1.82) is 0 Å². The summed E-state index contributed by atoms with van der Waals surface area (Å²) < 4.78 is 2.17. The van der Waals surface area contributed by atoms with E-state index < -0.39 is 5.91 Å². The summed E-state index contributed by atoms with van der Waals surface area (Å²) in [6, 6.07) is 17.8. The standard InChI is InChI=1S/C24H25N3O2S/c1-16-8-11-20(12-9-16)27-17(2)14-19(18(27)3)10-13-24(29)26-21-6-4-5-7-22(21)30-15-23(25)28/h4-14H,15H2,1-3H3,(H2,25,28)(H,26,29)/b13-10+. The molecular weight excluding hydrogens is 394 g/mol. The van der Waals surface area contributed by atoms with Gasteiger partial charge in [0.25, 0.3) is 0 Å². The van der Waals surface area contributed by atoms with E-state index in [1.54, 1.807) is 6.07 Å². The fourth-order valence-electron chi connectivity index (χ4n) is 3.23. The van der Waals surface area contributed by atoms with Crippen LogP contribution in [-0.4, -0.2) is 22.1 Å². The molecule has 3 rings (SSSR count). The smallest absolute Gasteiger partial charge is 0.248 e. The summed E-state index contributed by atoms with van der Waals surface area (Å²) in [6.07, 6.45) is 3.35. The van der Waals surface area contributed by atoms with Crippen molar-refractivity contribution in [3.8, 4) is 5.69 Å². The number of rotatable bonds is 7. The number of thioether (sulfide) groups is 1. The number of nitrogens with one attached hydrogen (secondary N) is 1. The molecule has 1 heterocycles. The second kappa shape index (κ2) is 9.50. The molecule has 0 aliphatic carbocycles. The van der Waals surface area contributed by atoms with E-state index in [1.807, 2.05) is 31.2 Å². The first kappa shape index (κ1) is 21.5. The molecule has 3 N–H and O–H groups in total. The van der Waals surface area contributed by atoms with Crippen LogP contribution in [0.25, 0.3) is 11.8 Å². The Kier molecular flexibility index (Phi) is 6.79. The van der Waals surface area contributed by atoms with Crippen LogP contribution in [-0.2, 0) is 9.59 Å². The zero-order valence-corrected chi connectivity index (χ0v) is 18.1. The van der Waals surface area contributed by atoms with Gasteiger partial charge < -0.3 is 15.6 Å². The molecule has 2 amide bonds. The number of aryl methyl sites for hydroxylation is 2. The minimum atomic E-state index is -0.398. The predicted molar refractivity (Wildman–Crippen MR) is 124 cm³/mol. The highest BCUT2D eigenvalue weighted by molar-refractivity contribution is 8.00. The van der Waals surface area contributed by atoms with Crippen LogP contribution in [0.4, 0.5) is 5.69 Å². The first-order valence-corrected chi connectivity index (χ1v) is 10.6. The van der Waals surface area contributed by atoms with Crippen molar-refractivity contribution in [1.82, 2.24) is 4.57 Å². The highest BCUT2D eigenvalue weighted by Crippen LogP contribution is 2.27. The quantitative estimate of drug-likeness (QED) is 0.433. The minimum absolute atomic E-state index is 0.160. The first-order valence-electron chi connectivity index (χ1n) is 9.60. The Morgan fingerprint density at radius 3 is 2.47 bits per heavy atom. The third kappa shape index (κ3) is 5.21. The molecule has 3 aromatic rings. The Balaban J connectivity index is 1.76. The highest BCUT2D eigenvalue weighted by atomic mass is 32.2. The van der Waals surface area contributed by atoms with Crippen LogP contribution in [0.2, 0.25) is 0 Å². The number of nitrogens with two attached hydrogens (primary N) is 1. The van der Waals surface area contributed by atoms with Crippen LogP contribution in [0.15, 0.2) is 65.6 Å². The zero-order chi connectivity index (χ0) is 21.7. The molecule has 5 nitrogen and oxygen atoms in total. The maximum absolute atomic E-state index is 12.5. The molecule has 6 heteroatoms. The van der Waals surface area contributed by atoms with Crippen molar-refractivity contribution >= 4 is 35.3 Å². The van der Waals surface area contributed by atoms with E-state index in [0.717, 1.165) is 27.5 Å². The van der Waals surface area contributed by atoms with Gasteiger partial charge in [-0.2, -0.15) is 0 Å². The van der Waals surface area contributed by atoms with Crippen molar-refractivity contribution in [3.05, 3.63) is 83.2 Å². The Bertz CT molecular complexity index is 1100. The molecule has 0 bridgehead atoms. The number of hydrogen-bond acceptors (Lipinski definition) is 3. The predicted octanol–water partition coefficient (Wildman–Crippen LogP) is 4.63. The van der Waals surface area contributed by atoms with Gasteiger partial charge in [0.2, 0.25) is 11.8 Å². The van der Waals surface area contributed by atoms with E-state index in [2.05, 4.69) is 54.1 Å². The molecule has 0 unspecified atom stereocenters. The van der Waals surface area contributed by atoms with Gasteiger partial charge in [-0.05, 0) is 62.7 Å². The highest BCUT2D eigenvalue weighted by Gasteiger charge is 2.10. The van der Waals surface area contributed by atoms with E-state index in [1.165, 1.54) is 23.4 Å². The van der Waals surface area contributed by atoms with E-state index in [9.17, 15) is 9.59 Å². The fourth-order valence-corrected chi connectivity index (χ4v) is 3.98. The van der Waals surface area contributed by atoms with Crippen LogP contribution in [0.5, 0.6) is 0 Å². The van der Waals surface area contributed by atoms with Crippen molar-refractivity contribution in [2.45, 2.75) is 25.7 Å². The van der Waals surface area contributed by atoms with Crippen molar-refractivity contribution < 1.29 is 9.59 Å². The number of hydrogen-bond donors (Lipinski definition) is 2. The molecule has 30 heavy (non-hydrogen) atoms. The molecule has 1 aromatic heterocycles. The number of anilines is 1. The number of benzene rings is 2. The van der Waals surface area contributed by atoms with Gasteiger partial charge in [0, 0.05) is 28.0 Å². The lowest BCUT2D eigenvalue weighted by atomic mass is 10.2. The van der Waals surface area contributed by atoms with Crippen LogP contribution in [0.1, 0.15) is 22.5 Å². The summed E-state index contributed by atoms with van der Waals surface area (Å²) in [5.74, 6) is -0.472. The number of carbonyl (C=O) groups is 2. The third-order valence-electron chi connectivity index (χ3n) is 4.69. The normalized spacial score (nSPS) is 11.0. The van der Waals surface area contributed by atoms with Crippen molar-refractivity contribution in [3.63, 3.8) is 0 Å². The summed E-state index contributed by atoms with van der Waals surface area (Å²) in [5, 5.41) is 2.88. The monoisotopic (exact) mass is 419 g/mol. The average Bonchev–Trinajstić information content (AvgIpc) is 3.00. The summed E-state index contributed by atoms with van der Waals surface area (Å²) in [4.78, 5) is 24.3. The lowest BCUT2D eigenvalue weighted by molar-refractivity contribution is -0.115. The lowest BCUT2D eigenvalue weighted by Gasteiger charge is -2.10. The van der Waals surface area contributed by atoms with Gasteiger partial charge in [-0.3, -0.25) is 9.59 Å². The lowest BCUT2D eigenvalue weighted by Crippen LogP contribution is -2.13. The van der Waals surface area contributed by atoms with Crippen molar-refractivity contribution in [2.75, 3.05) is 11.1 Å². The van der Waals surface area contributed by atoms with Gasteiger partial charge in [0.15, 0.2) is 0 Å². The minimum Gasteiger partial charge on any atom is -0.369 e. The fraction of sp³-hybridized carbons (Fsp3) is 0.167. The molecule has 0 saturated heterocycles. The molecule has 0 spiro atoms. The van der Waals surface area contributed by atoms with E-state index >= 15 is 0 Å². The zero-order valence-electron chi connectivity index (χ0n) is 17.3. The largest absolute Gasteiger partial charge is 0.369 e. The van der Waals surface area contributed by atoms with Crippen molar-refractivity contribution in [2.24, 2.45) is 5.73 Å². The molecule has 0 saturated carbocycles.